The van der Waals surface area contributed by atoms with Crippen molar-refractivity contribution in [3.05, 3.63) is 63.5 Å². The van der Waals surface area contributed by atoms with Gasteiger partial charge in [0.1, 0.15) is 5.75 Å². The molecule has 3 rings (SSSR count). The molecule has 0 spiro atoms. The average Bonchev–Trinajstić information content (AvgIpc) is 3.02. The van der Waals surface area contributed by atoms with Crippen molar-refractivity contribution in [1.82, 2.24) is 5.32 Å². The molecule has 2 aromatic carbocycles. The molecule has 1 heterocycles. The highest BCUT2D eigenvalue weighted by Crippen LogP contribution is 2.28. The van der Waals surface area contributed by atoms with Gasteiger partial charge >= 0.3 is 0 Å². The minimum absolute atomic E-state index is 0.202. The van der Waals surface area contributed by atoms with E-state index in [4.69, 9.17) is 27.9 Å². The number of nitrogens with one attached hydrogen (secondary N) is 1. The zero-order chi connectivity index (χ0) is 17.1. The van der Waals surface area contributed by atoms with Crippen molar-refractivity contribution in [1.29, 1.82) is 0 Å². The van der Waals surface area contributed by atoms with Crippen molar-refractivity contribution < 1.29 is 9.53 Å². The molecule has 1 unspecified atom stereocenters. The molecule has 0 aliphatic carbocycles. The van der Waals surface area contributed by atoms with Crippen LogP contribution in [0.3, 0.4) is 0 Å². The van der Waals surface area contributed by atoms with E-state index >= 15 is 0 Å². The average molecular weight is 380 g/mol. The Kier molecular flexibility index (Phi) is 5.29. The van der Waals surface area contributed by atoms with E-state index in [2.05, 4.69) is 28.9 Å². The van der Waals surface area contributed by atoms with Crippen molar-refractivity contribution in [2.45, 2.75) is 19.6 Å². The molecule has 3 aromatic rings. The number of thiophene rings is 1. The number of benzene rings is 2. The maximum absolute atomic E-state index is 12.2. The lowest BCUT2D eigenvalue weighted by atomic mass is 10.1. The first-order chi connectivity index (χ1) is 11.5. The van der Waals surface area contributed by atoms with E-state index in [1.165, 1.54) is 10.1 Å². The summed E-state index contributed by atoms with van der Waals surface area (Å²) >= 11 is 13.6. The Morgan fingerprint density at radius 2 is 2.04 bits per heavy atom. The fourth-order valence-electron chi connectivity index (χ4n) is 2.27. The molecule has 6 heteroatoms. The molecule has 0 saturated heterocycles. The Labute approximate surface area is 154 Å². The highest BCUT2D eigenvalue weighted by Gasteiger charge is 2.16. The molecular weight excluding hydrogens is 365 g/mol. The molecule has 0 radical (unpaired) electrons. The van der Waals surface area contributed by atoms with E-state index in [0.29, 0.717) is 22.3 Å². The third-order valence-electron chi connectivity index (χ3n) is 3.55. The normalized spacial score (nSPS) is 12.1. The van der Waals surface area contributed by atoms with Crippen molar-refractivity contribution in [2.75, 3.05) is 0 Å². The first-order valence-electron chi connectivity index (χ1n) is 7.38. The van der Waals surface area contributed by atoms with Crippen molar-refractivity contribution in [3.63, 3.8) is 0 Å². The number of carbonyl (C=O) groups is 1. The van der Waals surface area contributed by atoms with E-state index in [0.717, 1.165) is 5.56 Å². The molecule has 1 N–H and O–H groups in total. The smallest absolute Gasteiger partial charge is 0.261 e. The molecule has 1 aromatic heterocycles. The molecule has 0 saturated carbocycles. The van der Waals surface area contributed by atoms with Crippen LogP contribution >= 0.6 is 34.5 Å². The van der Waals surface area contributed by atoms with Crippen LogP contribution in [0.4, 0.5) is 0 Å². The van der Waals surface area contributed by atoms with Crippen LogP contribution in [0.2, 0.25) is 10.0 Å². The summed E-state index contributed by atoms with van der Waals surface area (Å²) in [6, 6.07) is 13.1. The van der Waals surface area contributed by atoms with Crippen LogP contribution in [-0.2, 0) is 11.3 Å². The molecular formula is C18H15Cl2NO2S. The Morgan fingerprint density at radius 1 is 1.21 bits per heavy atom. The summed E-state index contributed by atoms with van der Waals surface area (Å²) in [7, 11) is 0. The van der Waals surface area contributed by atoms with Gasteiger partial charge in [0.2, 0.25) is 0 Å². The zero-order valence-electron chi connectivity index (χ0n) is 12.9. The predicted molar refractivity (Wildman–Crippen MR) is 100 cm³/mol. The van der Waals surface area contributed by atoms with Crippen LogP contribution in [0.1, 0.15) is 12.5 Å². The second-order valence-corrected chi connectivity index (χ2v) is 7.14. The van der Waals surface area contributed by atoms with Gasteiger partial charge in [0.25, 0.3) is 5.91 Å². The minimum Gasteiger partial charge on any atom is -0.479 e. The summed E-state index contributed by atoms with van der Waals surface area (Å²) < 4.78 is 6.84. The van der Waals surface area contributed by atoms with Crippen molar-refractivity contribution in [3.8, 4) is 5.75 Å². The number of fused-ring (bicyclic) bond motifs is 1. The molecule has 3 nitrogen and oxygen atoms in total. The van der Waals surface area contributed by atoms with Gasteiger partial charge in [-0.1, -0.05) is 29.3 Å². The summed E-state index contributed by atoms with van der Waals surface area (Å²) in [5, 5.41) is 7.02. The number of hydrogen-bond donors (Lipinski definition) is 1. The fraction of sp³-hybridized carbons (Fsp3) is 0.167. The van der Waals surface area contributed by atoms with Gasteiger partial charge < -0.3 is 10.1 Å². The zero-order valence-corrected chi connectivity index (χ0v) is 15.2. The minimum atomic E-state index is -0.659. The summed E-state index contributed by atoms with van der Waals surface area (Å²) in [4.78, 5) is 12.2. The van der Waals surface area contributed by atoms with Crippen LogP contribution in [0, 0.1) is 0 Å². The summed E-state index contributed by atoms with van der Waals surface area (Å²) in [6.45, 7) is 2.13. The van der Waals surface area contributed by atoms with E-state index in [-0.39, 0.29) is 5.91 Å². The number of carbonyl (C=O) groups excluding carboxylic acids is 1. The van der Waals surface area contributed by atoms with Crippen molar-refractivity contribution >= 4 is 50.5 Å². The third kappa shape index (κ3) is 4.01. The maximum atomic E-state index is 12.2. The summed E-state index contributed by atoms with van der Waals surface area (Å²) in [5.74, 6) is 0.231. The Bertz CT molecular complexity index is 878. The number of halogens is 2. The lowest BCUT2D eigenvalue weighted by Gasteiger charge is -2.16. The largest absolute Gasteiger partial charge is 0.479 e. The highest BCUT2D eigenvalue weighted by molar-refractivity contribution is 7.17. The van der Waals surface area contributed by atoms with E-state index < -0.39 is 6.10 Å². The van der Waals surface area contributed by atoms with Crippen LogP contribution in [0.25, 0.3) is 10.1 Å². The van der Waals surface area contributed by atoms with Crippen LogP contribution < -0.4 is 10.1 Å². The number of hydrogen-bond acceptors (Lipinski definition) is 3. The molecule has 24 heavy (non-hydrogen) atoms. The van der Waals surface area contributed by atoms with E-state index in [1.54, 1.807) is 36.5 Å². The van der Waals surface area contributed by atoms with Gasteiger partial charge in [0.15, 0.2) is 6.10 Å². The standard InChI is InChI=1S/C18H15Cl2NO2S/c1-11(23-16-4-3-14(19)9-15(16)20)18(22)21-10-12-2-5-17-13(8-12)6-7-24-17/h2-9,11H,10H2,1H3,(H,21,22). The van der Waals surface area contributed by atoms with Gasteiger partial charge in [0, 0.05) is 16.3 Å². The topological polar surface area (TPSA) is 38.3 Å². The number of rotatable bonds is 5. The van der Waals surface area contributed by atoms with Gasteiger partial charge in [-0.2, -0.15) is 0 Å². The molecule has 1 atom stereocenters. The Balaban J connectivity index is 1.59. The fourth-order valence-corrected chi connectivity index (χ4v) is 3.50. The molecule has 1 amide bonds. The highest BCUT2D eigenvalue weighted by atomic mass is 35.5. The predicted octanol–water partition coefficient (Wildman–Crippen LogP) is 5.29. The van der Waals surface area contributed by atoms with Crippen LogP contribution in [0.15, 0.2) is 47.8 Å². The monoisotopic (exact) mass is 379 g/mol. The van der Waals surface area contributed by atoms with Crippen LogP contribution in [-0.4, -0.2) is 12.0 Å². The molecule has 0 aliphatic heterocycles. The van der Waals surface area contributed by atoms with Gasteiger partial charge in [0.05, 0.1) is 5.02 Å². The third-order valence-corrected chi connectivity index (χ3v) is 4.98. The lowest BCUT2D eigenvalue weighted by Crippen LogP contribution is -2.35. The molecule has 0 bridgehead atoms. The molecule has 124 valence electrons. The van der Waals surface area contributed by atoms with Crippen LogP contribution in [0.5, 0.6) is 5.75 Å². The summed E-state index contributed by atoms with van der Waals surface area (Å²) in [5.41, 5.74) is 1.05. The quantitative estimate of drug-likeness (QED) is 0.653. The Hall–Kier alpha value is -1.75. The summed E-state index contributed by atoms with van der Waals surface area (Å²) in [6.07, 6.45) is -0.659. The van der Waals surface area contributed by atoms with E-state index in [1.807, 2.05) is 6.07 Å². The number of amides is 1. The van der Waals surface area contributed by atoms with Gasteiger partial charge in [-0.25, -0.2) is 0 Å². The second-order valence-electron chi connectivity index (χ2n) is 5.35. The lowest BCUT2D eigenvalue weighted by molar-refractivity contribution is -0.127. The number of ether oxygens (including phenoxy) is 1. The molecule has 0 fully saturated rings. The molecule has 0 aliphatic rings. The second kappa shape index (κ2) is 7.43. The van der Waals surface area contributed by atoms with Gasteiger partial charge in [-0.15, -0.1) is 11.3 Å². The van der Waals surface area contributed by atoms with Gasteiger partial charge in [-0.05, 0) is 59.7 Å². The van der Waals surface area contributed by atoms with Crippen molar-refractivity contribution in [2.24, 2.45) is 0 Å². The first-order valence-corrected chi connectivity index (χ1v) is 9.02. The van der Waals surface area contributed by atoms with Gasteiger partial charge in [-0.3, -0.25) is 4.79 Å². The first kappa shape index (κ1) is 17.1. The van der Waals surface area contributed by atoms with E-state index in [9.17, 15) is 4.79 Å². The Morgan fingerprint density at radius 3 is 2.83 bits per heavy atom. The maximum Gasteiger partial charge on any atom is 0.261 e. The SMILES string of the molecule is CC(Oc1ccc(Cl)cc1Cl)C(=O)NCc1ccc2sccc2c1.